The fourth-order valence-corrected chi connectivity index (χ4v) is 10.5. The lowest BCUT2D eigenvalue weighted by molar-refractivity contribution is -0.870. The molecular weight excluding hydrogens is 1010 g/mol. The number of esters is 1. The van der Waals surface area contributed by atoms with E-state index >= 15 is 0 Å². The molecule has 0 aromatic heterocycles. The van der Waals surface area contributed by atoms with Crippen LogP contribution < -0.4 is 5.32 Å². The van der Waals surface area contributed by atoms with Crippen molar-refractivity contribution in [2.45, 2.75) is 322 Å². The van der Waals surface area contributed by atoms with Crippen LogP contribution in [-0.2, 0) is 27.9 Å². The molecule has 0 saturated carbocycles. The third-order valence-electron chi connectivity index (χ3n) is 14.9. The number of carbonyl (C=O) groups excluding carboxylic acids is 2. The molecule has 0 aliphatic rings. The van der Waals surface area contributed by atoms with Crippen LogP contribution in [-0.4, -0.2) is 74.3 Å². The fraction of sp³-hybridized carbons (Fsp3) is 0.800. The van der Waals surface area contributed by atoms with Crippen molar-refractivity contribution in [3.63, 3.8) is 0 Å². The van der Waals surface area contributed by atoms with Crippen molar-refractivity contribution < 1.29 is 37.3 Å². The van der Waals surface area contributed by atoms with Crippen molar-refractivity contribution in [1.29, 1.82) is 0 Å². The maximum absolute atomic E-state index is 13.6. The van der Waals surface area contributed by atoms with Crippen LogP contribution >= 0.6 is 7.82 Å². The van der Waals surface area contributed by atoms with Crippen molar-refractivity contribution in [3.8, 4) is 0 Å². The SMILES string of the molecule is CC/C=C\C/C=C\C/C=C\C/C=C\C/C=C\CCCCCC(=O)NC(COP(=O)(O)OCC[N+](C)(C)C)C(/C=C/CCCCCCCCCCCC)OC(=O)CCCCCCCCCCCCCCCCCCCCCCCCC. The summed E-state index contributed by atoms with van der Waals surface area (Å²) in [6.07, 6.45) is 77.7. The van der Waals surface area contributed by atoms with Gasteiger partial charge in [-0.15, -0.1) is 0 Å². The molecule has 0 bridgehead atoms. The molecule has 9 nitrogen and oxygen atoms in total. The first-order valence-corrected chi connectivity index (χ1v) is 35.3. The smallest absolute Gasteiger partial charge is 0.456 e. The van der Waals surface area contributed by atoms with Gasteiger partial charge >= 0.3 is 13.8 Å². The zero-order valence-corrected chi connectivity index (χ0v) is 54.2. The predicted octanol–water partition coefficient (Wildman–Crippen LogP) is 21.2. The van der Waals surface area contributed by atoms with Gasteiger partial charge < -0.3 is 19.4 Å². The van der Waals surface area contributed by atoms with Crippen LogP contribution in [0.3, 0.4) is 0 Å². The predicted molar refractivity (Wildman–Crippen MR) is 346 cm³/mol. The minimum atomic E-state index is -4.46. The zero-order valence-electron chi connectivity index (χ0n) is 53.3. The van der Waals surface area contributed by atoms with Gasteiger partial charge in [0.2, 0.25) is 5.91 Å². The molecule has 0 spiro atoms. The zero-order chi connectivity index (χ0) is 58.6. The standard InChI is InChI=1S/C70H129N2O7P/c1-7-10-13-16-19-22-25-28-30-32-34-35-36-37-39-41-43-45-48-51-54-57-60-63-70(74)79-68(61-58-55-52-49-46-27-24-21-18-15-12-9-3)67(66-78-80(75,76)77-65-64-72(4,5)6)71-69(73)62-59-56-53-50-47-44-42-40-38-33-31-29-26-23-20-17-14-11-8-2/h11,14,20,23,29,31,38,40,44,47,58,61,67-68H,7-10,12-13,15-19,21-22,24-28,30,32-37,39,41-43,45-46,48-57,59-60,62-66H2,1-6H3,(H-,71,73,75,76)/p+1/b14-11-,23-20-,31-29-,40-38-,47-44-,61-58+. The number of nitrogens with one attached hydrogen (secondary N) is 1. The van der Waals surface area contributed by atoms with Crippen LogP contribution in [0.1, 0.15) is 310 Å². The van der Waals surface area contributed by atoms with E-state index in [0.717, 1.165) is 89.9 Å². The summed E-state index contributed by atoms with van der Waals surface area (Å²) >= 11 is 0. The summed E-state index contributed by atoms with van der Waals surface area (Å²) in [6.45, 7) is 6.90. The summed E-state index contributed by atoms with van der Waals surface area (Å²) in [6, 6.07) is -0.867. The average molecular weight is 1140 g/mol. The molecule has 2 N–H and O–H groups in total. The van der Waals surface area contributed by atoms with Gasteiger partial charge in [0.1, 0.15) is 19.3 Å². The van der Waals surface area contributed by atoms with E-state index in [0.29, 0.717) is 23.9 Å². The first kappa shape index (κ1) is 77.5. The molecule has 1 amide bonds. The molecule has 10 heteroatoms. The number of likely N-dealkylation sites (N-methyl/N-ethyl adjacent to an activating group) is 1. The van der Waals surface area contributed by atoms with Crippen LogP contribution in [0.2, 0.25) is 0 Å². The first-order valence-electron chi connectivity index (χ1n) is 33.8. The Morgan fingerprint density at radius 1 is 0.450 bits per heavy atom. The number of hydrogen-bond donors (Lipinski definition) is 2. The summed E-state index contributed by atoms with van der Waals surface area (Å²) in [7, 11) is 1.48. The average Bonchev–Trinajstić information content (AvgIpc) is 3.42. The molecule has 0 aliphatic heterocycles. The molecule has 0 rings (SSSR count). The molecule has 0 saturated heterocycles. The number of ether oxygens (including phenoxy) is 1. The quantitative estimate of drug-likeness (QED) is 0.0205. The van der Waals surface area contributed by atoms with Gasteiger partial charge in [0.05, 0.1) is 33.8 Å². The highest BCUT2D eigenvalue weighted by atomic mass is 31.2. The Labute approximate surface area is 495 Å². The lowest BCUT2D eigenvalue weighted by atomic mass is 10.0. The number of phosphoric ester groups is 1. The van der Waals surface area contributed by atoms with Crippen molar-refractivity contribution in [3.05, 3.63) is 72.9 Å². The lowest BCUT2D eigenvalue weighted by Crippen LogP contribution is -2.47. The lowest BCUT2D eigenvalue weighted by Gasteiger charge is -2.27. The van der Waals surface area contributed by atoms with Crippen LogP contribution in [0.15, 0.2) is 72.9 Å². The molecule has 466 valence electrons. The summed E-state index contributed by atoms with van der Waals surface area (Å²) in [5, 5.41) is 3.05. The largest absolute Gasteiger partial charge is 0.472 e. The third kappa shape index (κ3) is 60.1. The van der Waals surface area contributed by atoms with Crippen LogP contribution in [0.4, 0.5) is 0 Å². The van der Waals surface area contributed by atoms with E-state index in [4.69, 9.17) is 13.8 Å². The second kappa shape index (κ2) is 59.6. The van der Waals surface area contributed by atoms with Gasteiger partial charge in [-0.05, 0) is 76.7 Å². The number of carbonyl (C=O) groups is 2. The van der Waals surface area contributed by atoms with Gasteiger partial charge in [-0.25, -0.2) is 4.57 Å². The van der Waals surface area contributed by atoms with Crippen LogP contribution in [0, 0.1) is 0 Å². The Morgan fingerprint density at radius 2 is 0.800 bits per heavy atom. The van der Waals surface area contributed by atoms with Crippen molar-refractivity contribution in [2.24, 2.45) is 0 Å². The normalized spacial score (nSPS) is 14.0. The minimum Gasteiger partial charge on any atom is -0.456 e. The number of nitrogens with zero attached hydrogens (tertiary/aromatic N) is 1. The number of unbranched alkanes of at least 4 members (excludes halogenated alkanes) is 35. The van der Waals surface area contributed by atoms with Gasteiger partial charge in [-0.1, -0.05) is 293 Å². The van der Waals surface area contributed by atoms with E-state index in [1.54, 1.807) is 0 Å². The molecular formula is C70H130N2O7P+. The molecule has 3 unspecified atom stereocenters. The highest BCUT2D eigenvalue weighted by Crippen LogP contribution is 2.43. The summed E-state index contributed by atoms with van der Waals surface area (Å²) < 4.78 is 30.8. The number of amides is 1. The number of phosphoric acid groups is 1. The Balaban J connectivity index is 5.16. The Bertz CT molecular complexity index is 1600. The van der Waals surface area contributed by atoms with Crippen molar-refractivity contribution >= 4 is 19.7 Å². The molecule has 0 aromatic rings. The van der Waals surface area contributed by atoms with Gasteiger partial charge in [-0.2, -0.15) is 0 Å². The first-order chi connectivity index (χ1) is 38.9. The van der Waals surface area contributed by atoms with Crippen LogP contribution in [0.5, 0.6) is 0 Å². The van der Waals surface area contributed by atoms with E-state index in [-0.39, 0.29) is 31.5 Å². The third-order valence-corrected chi connectivity index (χ3v) is 15.9. The van der Waals surface area contributed by atoms with Gasteiger partial charge in [-0.3, -0.25) is 18.6 Å². The van der Waals surface area contributed by atoms with Gasteiger partial charge in [0.15, 0.2) is 0 Å². The summed E-state index contributed by atoms with van der Waals surface area (Å²) in [4.78, 5) is 37.8. The molecule has 0 fully saturated rings. The monoisotopic (exact) mass is 1140 g/mol. The van der Waals surface area contributed by atoms with Gasteiger partial charge in [0, 0.05) is 12.8 Å². The van der Waals surface area contributed by atoms with E-state index in [1.165, 1.54) is 180 Å². The number of rotatable bonds is 61. The van der Waals surface area contributed by atoms with Gasteiger partial charge in [0.25, 0.3) is 0 Å². The van der Waals surface area contributed by atoms with Crippen LogP contribution in [0.25, 0.3) is 0 Å². The minimum absolute atomic E-state index is 0.0324. The highest BCUT2D eigenvalue weighted by Gasteiger charge is 2.30. The van der Waals surface area contributed by atoms with E-state index < -0.39 is 20.0 Å². The second-order valence-electron chi connectivity index (χ2n) is 24.0. The molecule has 0 aromatic carbocycles. The Morgan fingerprint density at radius 3 is 1.21 bits per heavy atom. The Kier molecular flexibility index (Phi) is 57.7. The number of hydrogen-bond acceptors (Lipinski definition) is 6. The van der Waals surface area contributed by atoms with E-state index in [2.05, 4.69) is 86.8 Å². The van der Waals surface area contributed by atoms with Crippen molar-refractivity contribution in [2.75, 3.05) is 40.9 Å². The van der Waals surface area contributed by atoms with Crippen molar-refractivity contribution in [1.82, 2.24) is 5.32 Å². The summed E-state index contributed by atoms with van der Waals surface area (Å²) in [5.74, 6) is -0.533. The number of quaternary nitrogens is 1. The summed E-state index contributed by atoms with van der Waals surface area (Å²) in [5.41, 5.74) is 0. The molecule has 0 heterocycles. The maximum Gasteiger partial charge on any atom is 0.472 e. The van der Waals surface area contributed by atoms with E-state index in [9.17, 15) is 19.0 Å². The maximum atomic E-state index is 13.6. The topological polar surface area (TPSA) is 111 Å². The molecule has 0 aliphatic carbocycles. The number of allylic oxidation sites excluding steroid dienone is 11. The fourth-order valence-electron chi connectivity index (χ4n) is 9.73. The highest BCUT2D eigenvalue weighted by molar-refractivity contribution is 7.47. The van der Waals surface area contributed by atoms with E-state index in [1.807, 2.05) is 33.3 Å². The molecule has 3 atom stereocenters. The second-order valence-corrected chi connectivity index (χ2v) is 25.4. The molecule has 0 radical (unpaired) electrons. The Hall–Kier alpha value is -2.55. The molecule has 80 heavy (non-hydrogen) atoms.